The summed E-state index contributed by atoms with van der Waals surface area (Å²) in [6.45, 7) is 3.83. The van der Waals surface area contributed by atoms with E-state index in [1.165, 1.54) is 12.1 Å². The molecular formula is C27H33Cl2FN6O2. The van der Waals surface area contributed by atoms with Crippen LogP contribution in [0, 0.1) is 5.82 Å². The Hall–Kier alpha value is -2.88. The normalized spacial score (nSPS) is 15.0. The van der Waals surface area contributed by atoms with E-state index in [9.17, 15) is 9.18 Å². The molecule has 2 aromatic heterocycles. The van der Waals surface area contributed by atoms with Crippen LogP contribution in [0.5, 0.6) is 5.75 Å². The number of benzene rings is 1. The Balaban J connectivity index is 1.40. The molecule has 0 unspecified atom stereocenters. The number of anilines is 1. The van der Waals surface area contributed by atoms with E-state index < -0.39 is 11.9 Å². The Morgan fingerprint density at radius 2 is 1.97 bits per heavy atom. The van der Waals surface area contributed by atoms with Crippen LogP contribution in [0.1, 0.15) is 63.2 Å². The van der Waals surface area contributed by atoms with Crippen LogP contribution >= 0.6 is 23.2 Å². The van der Waals surface area contributed by atoms with Gasteiger partial charge in [0.15, 0.2) is 11.6 Å². The number of carbonyl (C=O) groups is 1. The molecule has 204 valence electrons. The summed E-state index contributed by atoms with van der Waals surface area (Å²) in [5, 5.41) is 4.97. The van der Waals surface area contributed by atoms with E-state index >= 15 is 0 Å². The SMILES string of the molecule is C[C@H](Oc1cc(-c2ccn(C3CCN(C(=O)CCCCCN)CC3)n2)cnc1N)c1c(Cl)ccc(F)c1Cl. The first-order valence-electron chi connectivity index (χ1n) is 12.9. The van der Waals surface area contributed by atoms with Gasteiger partial charge in [-0.15, -0.1) is 0 Å². The molecule has 4 rings (SSSR count). The highest BCUT2D eigenvalue weighted by Crippen LogP contribution is 2.37. The lowest BCUT2D eigenvalue weighted by Crippen LogP contribution is -2.39. The van der Waals surface area contributed by atoms with E-state index in [1.807, 2.05) is 21.8 Å². The van der Waals surface area contributed by atoms with Crippen molar-refractivity contribution in [1.82, 2.24) is 19.7 Å². The van der Waals surface area contributed by atoms with Gasteiger partial charge < -0.3 is 21.1 Å². The average molecular weight is 564 g/mol. The molecule has 3 heterocycles. The van der Waals surface area contributed by atoms with Gasteiger partial charge in [-0.2, -0.15) is 5.10 Å². The second-order valence-electron chi connectivity index (χ2n) is 9.52. The molecular weight excluding hydrogens is 530 g/mol. The Morgan fingerprint density at radius 1 is 1.21 bits per heavy atom. The van der Waals surface area contributed by atoms with Crippen LogP contribution in [0.4, 0.5) is 10.2 Å². The summed E-state index contributed by atoms with van der Waals surface area (Å²) in [4.78, 5) is 18.7. The minimum Gasteiger partial charge on any atom is -0.482 e. The first-order valence-corrected chi connectivity index (χ1v) is 13.6. The minimum absolute atomic E-state index is 0.0919. The molecule has 4 N–H and O–H groups in total. The molecule has 1 aliphatic heterocycles. The minimum atomic E-state index is -0.670. The molecule has 0 radical (unpaired) electrons. The third kappa shape index (κ3) is 6.57. The Morgan fingerprint density at radius 3 is 2.71 bits per heavy atom. The van der Waals surface area contributed by atoms with E-state index in [4.69, 9.17) is 44.5 Å². The number of unbranched alkanes of at least 4 members (excludes halogenated alkanes) is 2. The molecule has 0 aliphatic carbocycles. The standard InChI is InChI=1S/C27H33Cl2FN6O2/c1-17(25-20(28)6-7-21(30)26(25)29)38-23-15-18(16-33-27(23)32)22-10-14-36(34-22)19-8-12-35(13-9-19)24(37)5-3-2-4-11-31/h6-7,10,14-17,19H,2-5,8-9,11-13,31H2,1H3,(H2,32,33)/t17-/m0/s1. The summed E-state index contributed by atoms with van der Waals surface area (Å²) in [6.07, 6.45) is 8.02. The van der Waals surface area contributed by atoms with E-state index in [0.29, 0.717) is 29.3 Å². The molecule has 0 saturated carbocycles. The number of hydrogen-bond acceptors (Lipinski definition) is 6. The lowest BCUT2D eigenvalue weighted by atomic mass is 10.0. The highest BCUT2D eigenvalue weighted by molar-refractivity contribution is 6.36. The molecule has 0 spiro atoms. The second kappa shape index (κ2) is 12.8. The van der Waals surface area contributed by atoms with Crippen LogP contribution in [0.3, 0.4) is 0 Å². The lowest BCUT2D eigenvalue weighted by Gasteiger charge is -2.32. The molecule has 1 fully saturated rings. The highest BCUT2D eigenvalue weighted by atomic mass is 35.5. The Bertz CT molecular complexity index is 1260. The fraction of sp³-hybridized carbons (Fsp3) is 0.444. The van der Waals surface area contributed by atoms with Gasteiger partial charge in [-0.05, 0) is 63.4 Å². The predicted molar refractivity (Wildman–Crippen MR) is 148 cm³/mol. The van der Waals surface area contributed by atoms with Crippen molar-refractivity contribution < 1.29 is 13.9 Å². The second-order valence-corrected chi connectivity index (χ2v) is 10.3. The molecule has 3 aromatic rings. The molecule has 1 saturated heterocycles. The van der Waals surface area contributed by atoms with Crippen molar-refractivity contribution in [3.05, 3.63) is 58.1 Å². The van der Waals surface area contributed by atoms with Crippen molar-refractivity contribution in [2.75, 3.05) is 25.4 Å². The Labute approximate surface area is 232 Å². The first kappa shape index (κ1) is 28.1. The molecule has 8 nitrogen and oxygen atoms in total. The maximum absolute atomic E-state index is 14.0. The highest BCUT2D eigenvalue weighted by Gasteiger charge is 2.25. The number of rotatable bonds is 10. The zero-order valence-electron chi connectivity index (χ0n) is 21.4. The van der Waals surface area contributed by atoms with Gasteiger partial charge in [0.25, 0.3) is 0 Å². The van der Waals surface area contributed by atoms with Crippen molar-refractivity contribution >= 4 is 34.9 Å². The van der Waals surface area contributed by atoms with E-state index in [1.54, 1.807) is 19.2 Å². The van der Waals surface area contributed by atoms with Gasteiger partial charge in [-0.1, -0.05) is 29.6 Å². The van der Waals surface area contributed by atoms with Crippen LogP contribution in [0.25, 0.3) is 11.3 Å². The fourth-order valence-electron chi connectivity index (χ4n) is 4.69. The monoisotopic (exact) mass is 562 g/mol. The number of nitrogen functional groups attached to an aromatic ring is 1. The summed E-state index contributed by atoms with van der Waals surface area (Å²) >= 11 is 12.4. The summed E-state index contributed by atoms with van der Waals surface area (Å²) in [5.74, 6) is 0.143. The molecule has 38 heavy (non-hydrogen) atoms. The number of nitrogens with two attached hydrogens (primary N) is 2. The van der Waals surface area contributed by atoms with Crippen LogP contribution in [-0.4, -0.2) is 45.2 Å². The van der Waals surface area contributed by atoms with Crippen molar-refractivity contribution in [1.29, 1.82) is 0 Å². The third-order valence-corrected chi connectivity index (χ3v) is 7.58. The van der Waals surface area contributed by atoms with E-state index in [2.05, 4.69) is 4.98 Å². The van der Waals surface area contributed by atoms with Gasteiger partial charge >= 0.3 is 0 Å². The number of ether oxygens (including phenoxy) is 1. The summed E-state index contributed by atoms with van der Waals surface area (Å²) in [7, 11) is 0. The number of halogens is 3. The van der Waals surface area contributed by atoms with Crippen molar-refractivity contribution in [3.63, 3.8) is 0 Å². The maximum atomic E-state index is 14.0. The van der Waals surface area contributed by atoms with Crippen LogP contribution in [0.2, 0.25) is 10.0 Å². The number of hydrogen-bond donors (Lipinski definition) is 2. The van der Waals surface area contributed by atoms with E-state index in [0.717, 1.165) is 56.5 Å². The van der Waals surface area contributed by atoms with Crippen molar-refractivity contribution in [2.45, 2.75) is 57.6 Å². The smallest absolute Gasteiger partial charge is 0.222 e. The molecule has 1 atom stereocenters. The van der Waals surface area contributed by atoms with Gasteiger partial charge in [0.05, 0.1) is 16.8 Å². The summed E-state index contributed by atoms with van der Waals surface area (Å²) < 4.78 is 22.0. The largest absolute Gasteiger partial charge is 0.482 e. The number of piperidine rings is 1. The molecule has 1 amide bonds. The molecule has 11 heteroatoms. The van der Waals surface area contributed by atoms with E-state index in [-0.39, 0.29) is 22.8 Å². The van der Waals surface area contributed by atoms with Crippen molar-refractivity contribution in [2.24, 2.45) is 5.73 Å². The quantitative estimate of drug-likeness (QED) is 0.238. The number of carbonyl (C=O) groups excluding carboxylic acids is 1. The Kier molecular flexibility index (Phi) is 9.46. The van der Waals surface area contributed by atoms with Gasteiger partial charge in [0, 0.05) is 48.1 Å². The van der Waals surface area contributed by atoms with Gasteiger partial charge in [0.1, 0.15) is 11.9 Å². The zero-order chi connectivity index (χ0) is 27.2. The molecule has 1 aromatic carbocycles. The molecule has 0 bridgehead atoms. The van der Waals surface area contributed by atoms with Crippen LogP contribution < -0.4 is 16.2 Å². The summed E-state index contributed by atoms with van der Waals surface area (Å²) in [6, 6.07) is 6.51. The number of amides is 1. The maximum Gasteiger partial charge on any atom is 0.222 e. The fourth-order valence-corrected chi connectivity index (χ4v) is 5.36. The lowest BCUT2D eigenvalue weighted by molar-refractivity contribution is -0.132. The zero-order valence-corrected chi connectivity index (χ0v) is 22.9. The number of pyridine rings is 1. The van der Waals surface area contributed by atoms with Gasteiger partial charge in [0.2, 0.25) is 5.91 Å². The topological polar surface area (TPSA) is 112 Å². The average Bonchev–Trinajstić information content (AvgIpc) is 3.41. The van der Waals surface area contributed by atoms with Crippen LogP contribution in [-0.2, 0) is 4.79 Å². The first-order chi connectivity index (χ1) is 18.3. The van der Waals surface area contributed by atoms with Crippen LogP contribution in [0.15, 0.2) is 36.7 Å². The third-order valence-electron chi connectivity index (χ3n) is 6.86. The van der Waals surface area contributed by atoms with Gasteiger partial charge in [-0.3, -0.25) is 9.48 Å². The van der Waals surface area contributed by atoms with Gasteiger partial charge in [-0.25, -0.2) is 9.37 Å². The number of aromatic nitrogens is 3. The summed E-state index contributed by atoms with van der Waals surface area (Å²) in [5.41, 5.74) is 13.4. The molecule has 1 aliphatic rings. The number of likely N-dealkylation sites (tertiary alicyclic amines) is 1. The predicted octanol–water partition coefficient (Wildman–Crippen LogP) is 5.80. The number of nitrogens with zero attached hydrogens (tertiary/aromatic N) is 4. The van der Waals surface area contributed by atoms with Crippen molar-refractivity contribution in [3.8, 4) is 17.0 Å².